The van der Waals surface area contributed by atoms with E-state index in [4.69, 9.17) is 10.2 Å². The van der Waals surface area contributed by atoms with Gasteiger partial charge in [-0.05, 0) is 62.3 Å². The molecule has 1 aromatic carbocycles. The molecule has 0 atom stereocenters. The summed E-state index contributed by atoms with van der Waals surface area (Å²) in [5, 5.41) is 16.1. The summed E-state index contributed by atoms with van der Waals surface area (Å²) in [6.07, 6.45) is -0.333. The molecule has 0 aliphatic rings. The quantitative estimate of drug-likeness (QED) is 0.756. The highest BCUT2D eigenvalue weighted by atomic mass is 16.3. The summed E-state index contributed by atoms with van der Waals surface area (Å²) in [6, 6.07) is 10.3. The standard InChI is InChI=1S/C7H8.2C3H8O.2C3H6O/c1-7-5-3-2-4-6-7;4*1-3(2)4/h2-6H,1H3;2*3-4H,1-2H3;2*1-2H3. The Morgan fingerprint density at radius 2 is 0.913 bits per heavy atom. The smallest absolute Gasteiger partial charge is 0.126 e. The van der Waals surface area contributed by atoms with E-state index >= 15 is 0 Å². The molecule has 1 aromatic rings. The number of ketones is 2. The van der Waals surface area contributed by atoms with E-state index in [0.29, 0.717) is 0 Å². The van der Waals surface area contributed by atoms with Gasteiger partial charge in [-0.3, -0.25) is 0 Å². The SMILES string of the molecule is CC(C)=O.CC(C)=O.CC(C)O.CC(C)O.Cc1ccccc1. The predicted octanol–water partition coefficient (Wildman–Crippen LogP) is 3.96. The average Bonchev–Trinajstić information content (AvgIpc) is 2.26. The molecule has 1 rings (SSSR count). The number of aliphatic hydroxyl groups excluding tert-OH is 2. The summed E-state index contributed by atoms with van der Waals surface area (Å²) in [7, 11) is 0. The number of carbonyl (C=O) groups is 2. The lowest BCUT2D eigenvalue weighted by Gasteiger charge is -1.82. The number of Topliss-reactive ketones (excluding diaryl/α,β-unsaturated/α-hetero) is 2. The molecule has 136 valence electrons. The Morgan fingerprint density at radius 3 is 1.00 bits per heavy atom. The first-order valence-electron chi connectivity index (χ1n) is 7.64. The topological polar surface area (TPSA) is 74.6 Å². The number of carbonyl (C=O) groups excluding carboxylic acids is 2. The van der Waals surface area contributed by atoms with Crippen molar-refractivity contribution in [3.63, 3.8) is 0 Å². The van der Waals surface area contributed by atoms with Gasteiger partial charge < -0.3 is 19.8 Å². The largest absolute Gasteiger partial charge is 0.394 e. The van der Waals surface area contributed by atoms with Crippen LogP contribution >= 0.6 is 0 Å². The van der Waals surface area contributed by atoms with E-state index in [1.807, 2.05) is 18.2 Å². The fourth-order valence-electron chi connectivity index (χ4n) is 0.534. The Hall–Kier alpha value is -1.52. The summed E-state index contributed by atoms with van der Waals surface area (Å²) in [4.78, 5) is 18.9. The Labute approximate surface area is 142 Å². The van der Waals surface area contributed by atoms with E-state index < -0.39 is 0 Å². The van der Waals surface area contributed by atoms with Crippen LogP contribution < -0.4 is 0 Å². The van der Waals surface area contributed by atoms with E-state index in [2.05, 4.69) is 19.1 Å². The monoisotopic (exact) mass is 328 g/mol. The third-order valence-corrected chi connectivity index (χ3v) is 0.940. The number of aliphatic hydroxyl groups is 2. The number of aryl methyl sites for hydroxylation is 1. The lowest BCUT2D eigenvalue weighted by atomic mass is 10.2. The molecule has 0 spiro atoms. The van der Waals surface area contributed by atoms with Crippen molar-refractivity contribution in [2.45, 2.75) is 74.5 Å². The molecular weight excluding hydrogens is 292 g/mol. The third kappa shape index (κ3) is 167. The van der Waals surface area contributed by atoms with Crippen molar-refractivity contribution in [1.82, 2.24) is 0 Å². The van der Waals surface area contributed by atoms with E-state index in [0.717, 1.165) is 0 Å². The van der Waals surface area contributed by atoms with E-state index in [-0.39, 0.29) is 23.8 Å². The van der Waals surface area contributed by atoms with E-state index in [1.54, 1.807) is 27.7 Å². The van der Waals surface area contributed by atoms with Gasteiger partial charge in [0.25, 0.3) is 0 Å². The highest BCUT2D eigenvalue weighted by Crippen LogP contribution is 1.92. The third-order valence-electron chi connectivity index (χ3n) is 0.940. The molecular formula is C19H36O4. The first-order valence-corrected chi connectivity index (χ1v) is 7.64. The Balaban J connectivity index is -0.000000102. The van der Waals surface area contributed by atoms with Gasteiger partial charge in [0.1, 0.15) is 11.6 Å². The molecule has 0 aliphatic heterocycles. The number of hydrogen-bond acceptors (Lipinski definition) is 4. The number of hydrogen-bond donors (Lipinski definition) is 2. The molecule has 0 unspecified atom stereocenters. The summed E-state index contributed by atoms with van der Waals surface area (Å²) >= 11 is 0. The van der Waals surface area contributed by atoms with Gasteiger partial charge in [0, 0.05) is 12.2 Å². The molecule has 0 aromatic heterocycles. The van der Waals surface area contributed by atoms with Gasteiger partial charge in [0.05, 0.1) is 0 Å². The molecule has 0 saturated heterocycles. The highest BCUT2D eigenvalue weighted by molar-refractivity contribution is 5.72. The molecule has 0 fully saturated rings. The zero-order chi connectivity index (χ0) is 19.4. The van der Waals surface area contributed by atoms with Crippen LogP contribution in [0.5, 0.6) is 0 Å². The summed E-state index contributed by atoms with van der Waals surface area (Å²) in [5.41, 5.74) is 1.32. The second kappa shape index (κ2) is 22.8. The van der Waals surface area contributed by atoms with Crippen molar-refractivity contribution in [1.29, 1.82) is 0 Å². The van der Waals surface area contributed by atoms with Gasteiger partial charge in [-0.1, -0.05) is 35.9 Å². The van der Waals surface area contributed by atoms with Crippen LogP contribution in [-0.2, 0) is 9.59 Å². The van der Waals surface area contributed by atoms with Crippen LogP contribution in [0, 0.1) is 6.92 Å². The molecule has 0 radical (unpaired) electrons. The predicted molar refractivity (Wildman–Crippen MR) is 98.6 cm³/mol. The van der Waals surface area contributed by atoms with Crippen molar-refractivity contribution < 1.29 is 19.8 Å². The fourth-order valence-corrected chi connectivity index (χ4v) is 0.534. The molecule has 23 heavy (non-hydrogen) atoms. The minimum Gasteiger partial charge on any atom is -0.394 e. The average molecular weight is 328 g/mol. The van der Waals surface area contributed by atoms with Gasteiger partial charge in [-0.15, -0.1) is 0 Å². The molecule has 0 amide bonds. The van der Waals surface area contributed by atoms with Gasteiger partial charge in [0.15, 0.2) is 0 Å². The fraction of sp³-hybridized carbons (Fsp3) is 0.579. The molecule has 0 heterocycles. The second-order valence-electron chi connectivity index (χ2n) is 5.66. The van der Waals surface area contributed by atoms with Gasteiger partial charge in [-0.2, -0.15) is 0 Å². The number of rotatable bonds is 0. The summed E-state index contributed by atoms with van der Waals surface area (Å²) in [6.45, 7) is 15.1. The number of benzene rings is 1. The highest BCUT2D eigenvalue weighted by Gasteiger charge is 1.72. The second-order valence-corrected chi connectivity index (χ2v) is 5.66. The Morgan fingerprint density at radius 1 is 0.739 bits per heavy atom. The normalized spacial score (nSPS) is 8.04. The lowest BCUT2D eigenvalue weighted by molar-refractivity contribution is -0.115. The van der Waals surface area contributed by atoms with Crippen molar-refractivity contribution in [3.05, 3.63) is 35.9 Å². The maximum absolute atomic E-state index is 9.44. The molecule has 2 N–H and O–H groups in total. The summed E-state index contributed by atoms with van der Waals surface area (Å²) < 4.78 is 0. The first kappa shape index (κ1) is 29.5. The Kier molecular flexibility index (Phi) is 29.2. The first-order chi connectivity index (χ1) is 10.3. The van der Waals surface area contributed by atoms with Gasteiger partial charge >= 0.3 is 0 Å². The Bertz CT molecular complexity index is 325. The zero-order valence-electron chi connectivity index (χ0n) is 16.3. The van der Waals surface area contributed by atoms with Crippen LogP contribution in [0.2, 0.25) is 0 Å². The van der Waals surface area contributed by atoms with Gasteiger partial charge in [0.2, 0.25) is 0 Å². The van der Waals surface area contributed by atoms with E-state index in [9.17, 15) is 9.59 Å². The van der Waals surface area contributed by atoms with Crippen LogP contribution in [0.3, 0.4) is 0 Å². The minimum absolute atomic E-state index is 0.167. The van der Waals surface area contributed by atoms with Crippen LogP contribution in [0.25, 0.3) is 0 Å². The zero-order valence-corrected chi connectivity index (χ0v) is 16.3. The van der Waals surface area contributed by atoms with Gasteiger partial charge in [-0.25, -0.2) is 0 Å². The van der Waals surface area contributed by atoms with Crippen LogP contribution in [0.4, 0.5) is 0 Å². The van der Waals surface area contributed by atoms with Crippen molar-refractivity contribution in [3.8, 4) is 0 Å². The molecule has 4 heteroatoms. The van der Waals surface area contributed by atoms with Crippen LogP contribution in [0.1, 0.15) is 61.0 Å². The molecule has 0 bridgehead atoms. The lowest BCUT2D eigenvalue weighted by Crippen LogP contribution is -1.85. The van der Waals surface area contributed by atoms with Crippen LogP contribution in [0.15, 0.2) is 30.3 Å². The maximum Gasteiger partial charge on any atom is 0.126 e. The van der Waals surface area contributed by atoms with Crippen LogP contribution in [-0.4, -0.2) is 34.0 Å². The van der Waals surface area contributed by atoms with E-state index in [1.165, 1.54) is 33.3 Å². The van der Waals surface area contributed by atoms with Crippen molar-refractivity contribution in [2.24, 2.45) is 0 Å². The maximum atomic E-state index is 9.44. The molecule has 4 nitrogen and oxygen atoms in total. The molecule has 0 aliphatic carbocycles. The minimum atomic E-state index is -0.167. The molecule has 0 saturated carbocycles. The summed E-state index contributed by atoms with van der Waals surface area (Å²) in [5.74, 6) is 0.333. The van der Waals surface area contributed by atoms with Crippen molar-refractivity contribution >= 4 is 11.6 Å². The van der Waals surface area contributed by atoms with Crippen molar-refractivity contribution in [2.75, 3.05) is 0 Å².